The van der Waals surface area contributed by atoms with Gasteiger partial charge in [-0.1, -0.05) is 83.3 Å². The minimum Gasteiger partial charge on any atom is -0.456 e. The first-order chi connectivity index (χ1) is 18.0. The zero-order chi connectivity index (χ0) is 25.3. The van der Waals surface area contributed by atoms with E-state index < -0.39 is 11.6 Å². The maximum Gasteiger partial charge on any atom is 0.340 e. The van der Waals surface area contributed by atoms with Gasteiger partial charge in [0.25, 0.3) is 0 Å². The molecular formula is C30H16Cl3NO3. The van der Waals surface area contributed by atoms with E-state index in [1.54, 1.807) is 36.4 Å². The van der Waals surface area contributed by atoms with Gasteiger partial charge < -0.3 is 14.8 Å². The van der Waals surface area contributed by atoms with Gasteiger partial charge in [-0.3, -0.25) is 0 Å². The second kappa shape index (κ2) is 8.15. The Balaban J connectivity index is 1.50. The average molecular weight is 545 g/mol. The van der Waals surface area contributed by atoms with Crippen molar-refractivity contribution in [2.24, 2.45) is 0 Å². The Bertz CT molecular complexity index is 1780. The summed E-state index contributed by atoms with van der Waals surface area (Å²) in [4.78, 5) is 13.1. The van der Waals surface area contributed by atoms with Crippen LogP contribution in [-0.2, 0) is 10.3 Å². The third-order valence-electron chi connectivity index (χ3n) is 6.89. The van der Waals surface area contributed by atoms with Gasteiger partial charge >= 0.3 is 5.97 Å². The smallest absolute Gasteiger partial charge is 0.340 e. The standard InChI is InChI=1S/C30H16Cl3NO3/c31-17-10-12-23(32)25(13-17)34-26-15-27-22(14-24(26)33)30(20-8-4-3-7-19(20)29(35)37-30)21-11-9-16-5-1-2-6-18(16)28(21)36-27/h1-15,34H. The first kappa shape index (κ1) is 22.5. The molecule has 0 saturated heterocycles. The summed E-state index contributed by atoms with van der Waals surface area (Å²) in [6.45, 7) is 0. The van der Waals surface area contributed by atoms with E-state index >= 15 is 0 Å². The van der Waals surface area contributed by atoms with Gasteiger partial charge in [0.05, 0.1) is 27.0 Å². The van der Waals surface area contributed by atoms with Gasteiger partial charge in [0.2, 0.25) is 0 Å². The number of halogens is 3. The molecule has 0 amide bonds. The van der Waals surface area contributed by atoms with Gasteiger partial charge in [-0.05, 0) is 41.8 Å². The summed E-state index contributed by atoms with van der Waals surface area (Å²) in [6, 6.07) is 28.1. The van der Waals surface area contributed by atoms with Crippen molar-refractivity contribution in [1.29, 1.82) is 0 Å². The third-order valence-corrected chi connectivity index (χ3v) is 7.77. The van der Waals surface area contributed by atoms with Crippen molar-refractivity contribution in [1.82, 2.24) is 0 Å². The van der Waals surface area contributed by atoms with Crippen LogP contribution in [0.25, 0.3) is 10.8 Å². The molecule has 1 N–H and O–H groups in total. The SMILES string of the molecule is O=C1OC2(c3cc(Cl)c(Nc4cc(Cl)ccc4Cl)cc3Oc3c2ccc2ccccc32)c2ccccc21. The normalized spacial score (nSPS) is 17.1. The molecule has 0 aromatic heterocycles. The highest BCUT2D eigenvalue weighted by molar-refractivity contribution is 6.36. The molecule has 0 aliphatic carbocycles. The maximum absolute atomic E-state index is 13.1. The number of nitrogens with one attached hydrogen (secondary N) is 1. The number of carbonyl (C=O) groups is 1. The summed E-state index contributed by atoms with van der Waals surface area (Å²) in [5, 5.41) is 6.61. The summed E-state index contributed by atoms with van der Waals surface area (Å²) in [6.07, 6.45) is 0. The topological polar surface area (TPSA) is 47.6 Å². The Hall–Kier alpha value is -3.70. The van der Waals surface area contributed by atoms with Crippen molar-refractivity contribution >= 4 is 62.9 Å². The highest BCUT2D eigenvalue weighted by atomic mass is 35.5. The Labute approximate surface area is 227 Å². The van der Waals surface area contributed by atoms with Crippen LogP contribution in [0.2, 0.25) is 15.1 Å². The molecule has 7 rings (SSSR count). The number of esters is 1. The van der Waals surface area contributed by atoms with E-state index in [4.69, 9.17) is 44.3 Å². The maximum atomic E-state index is 13.1. The lowest BCUT2D eigenvalue weighted by atomic mass is 9.77. The largest absolute Gasteiger partial charge is 0.456 e. The van der Waals surface area contributed by atoms with E-state index in [1.807, 2.05) is 54.6 Å². The quantitative estimate of drug-likeness (QED) is 0.225. The van der Waals surface area contributed by atoms with Crippen LogP contribution in [0.15, 0.2) is 91.0 Å². The number of rotatable bonds is 2. The van der Waals surface area contributed by atoms with Crippen LogP contribution in [-0.4, -0.2) is 5.97 Å². The molecule has 5 aromatic carbocycles. The van der Waals surface area contributed by atoms with Crippen LogP contribution >= 0.6 is 34.8 Å². The lowest BCUT2D eigenvalue weighted by Gasteiger charge is -2.37. The summed E-state index contributed by atoms with van der Waals surface area (Å²) >= 11 is 19.4. The molecule has 1 atom stereocenters. The molecule has 180 valence electrons. The zero-order valence-corrected chi connectivity index (χ0v) is 21.3. The fourth-order valence-electron chi connectivity index (χ4n) is 5.25. The van der Waals surface area contributed by atoms with Crippen LogP contribution < -0.4 is 10.1 Å². The minimum atomic E-state index is -1.21. The number of hydrogen-bond donors (Lipinski definition) is 1. The Morgan fingerprint density at radius 1 is 0.703 bits per heavy atom. The molecule has 1 spiro atoms. The molecule has 4 nitrogen and oxygen atoms in total. The minimum absolute atomic E-state index is 0.397. The highest BCUT2D eigenvalue weighted by Gasteiger charge is 2.54. The molecule has 37 heavy (non-hydrogen) atoms. The van der Waals surface area contributed by atoms with Crippen molar-refractivity contribution in [3.05, 3.63) is 128 Å². The van der Waals surface area contributed by atoms with Crippen molar-refractivity contribution in [3.63, 3.8) is 0 Å². The fraction of sp³-hybridized carbons (Fsp3) is 0.0333. The molecule has 0 radical (unpaired) electrons. The van der Waals surface area contributed by atoms with Crippen LogP contribution in [0.4, 0.5) is 11.4 Å². The number of ether oxygens (including phenoxy) is 2. The van der Waals surface area contributed by atoms with Gasteiger partial charge in [0.1, 0.15) is 11.5 Å². The second-order valence-electron chi connectivity index (χ2n) is 8.96. The number of hydrogen-bond acceptors (Lipinski definition) is 4. The summed E-state index contributed by atoms with van der Waals surface area (Å²) in [5.41, 5.74) is 2.60. The monoisotopic (exact) mass is 543 g/mol. The summed E-state index contributed by atoms with van der Waals surface area (Å²) < 4.78 is 12.8. The van der Waals surface area contributed by atoms with Crippen molar-refractivity contribution in [3.8, 4) is 11.5 Å². The Kier molecular flexibility index (Phi) is 4.96. The van der Waals surface area contributed by atoms with E-state index in [1.165, 1.54) is 0 Å². The van der Waals surface area contributed by atoms with E-state index in [-0.39, 0.29) is 0 Å². The average Bonchev–Trinajstić information content (AvgIpc) is 3.20. The number of carbonyl (C=O) groups excluding carboxylic acids is 1. The molecule has 2 aliphatic rings. The second-order valence-corrected chi connectivity index (χ2v) is 10.2. The lowest BCUT2D eigenvalue weighted by molar-refractivity contribution is 0.0225. The van der Waals surface area contributed by atoms with Crippen LogP contribution in [0, 0.1) is 0 Å². The lowest BCUT2D eigenvalue weighted by Crippen LogP contribution is -2.33. The molecular weight excluding hydrogens is 529 g/mol. The number of fused-ring (bicyclic) bond motifs is 8. The molecule has 1 unspecified atom stereocenters. The number of anilines is 2. The first-order valence-corrected chi connectivity index (χ1v) is 12.7. The molecule has 0 fully saturated rings. The van der Waals surface area contributed by atoms with Crippen LogP contribution in [0.3, 0.4) is 0 Å². The van der Waals surface area contributed by atoms with Crippen LogP contribution in [0.1, 0.15) is 27.0 Å². The fourth-order valence-corrected chi connectivity index (χ4v) is 5.80. The Morgan fingerprint density at radius 2 is 1.49 bits per heavy atom. The summed E-state index contributed by atoms with van der Waals surface area (Å²) in [5.74, 6) is 0.745. The molecule has 2 heterocycles. The predicted octanol–water partition coefficient (Wildman–Crippen LogP) is 9.11. The van der Waals surface area contributed by atoms with Gasteiger partial charge in [-0.15, -0.1) is 0 Å². The predicted molar refractivity (Wildman–Crippen MR) is 147 cm³/mol. The highest BCUT2D eigenvalue weighted by Crippen LogP contribution is 2.58. The van der Waals surface area contributed by atoms with Gasteiger partial charge in [0.15, 0.2) is 5.60 Å². The van der Waals surface area contributed by atoms with Crippen molar-refractivity contribution in [2.75, 3.05) is 5.32 Å². The first-order valence-electron chi connectivity index (χ1n) is 11.5. The third kappa shape index (κ3) is 3.27. The van der Waals surface area contributed by atoms with E-state index in [9.17, 15) is 4.79 Å². The summed E-state index contributed by atoms with van der Waals surface area (Å²) in [7, 11) is 0. The molecule has 7 heteroatoms. The van der Waals surface area contributed by atoms with Gasteiger partial charge in [-0.25, -0.2) is 4.79 Å². The van der Waals surface area contributed by atoms with E-state index in [2.05, 4.69) is 5.32 Å². The molecule has 5 aromatic rings. The molecule has 0 saturated carbocycles. The van der Waals surface area contributed by atoms with Gasteiger partial charge in [0, 0.05) is 33.2 Å². The van der Waals surface area contributed by atoms with Crippen molar-refractivity contribution < 1.29 is 14.3 Å². The molecule has 2 aliphatic heterocycles. The van der Waals surface area contributed by atoms with E-state index in [0.717, 1.165) is 21.9 Å². The molecule has 0 bridgehead atoms. The van der Waals surface area contributed by atoms with Crippen LogP contribution in [0.5, 0.6) is 11.5 Å². The van der Waals surface area contributed by atoms with E-state index in [0.29, 0.717) is 49.1 Å². The van der Waals surface area contributed by atoms with Crippen molar-refractivity contribution in [2.45, 2.75) is 5.60 Å². The number of benzene rings is 5. The zero-order valence-electron chi connectivity index (χ0n) is 19.0. The van der Waals surface area contributed by atoms with Gasteiger partial charge in [-0.2, -0.15) is 0 Å². The Morgan fingerprint density at radius 3 is 2.38 bits per heavy atom.